The van der Waals surface area contributed by atoms with Crippen LogP contribution in [0.25, 0.3) is 11.4 Å². The van der Waals surface area contributed by atoms with Gasteiger partial charge in [0, 0.05) is 5.56 Å². The van der Waals surface area contributed by atoms with Crippen LogP contribution in [0.3, 0.4) is 0 Å². The fourth-order valence-electron chi connectivity index (χ4n) is 2.10. The lowest BCUT2D eigenvalue weighted by Gasteiger charge is -2.08. The number of nitrogens with zero attached hydrogens (tertiary/aromatic N) is 3. The van der Waals surface area contributed by atoms with Crippen LogP contribution in [0.5, 0.6) is 5.75 Å². The summed E-state index contributed by atoms with van der Waals surface area (Å²) in [6.07, 6.45) is 0. The number of carbonyl (C=O) groups excluding carboxylic acids is 1. The van der Waals surface area contributed by atoms with Gasteiger partial charge in [0.05, 0.1) is 17.9 Å². The van der Waals surface area contributed by atoms with E-state index in [0.29, 0.717) is 21.5 Å². The highest BCUT2D eigenvalue weighted by Gasteiger charge is 2.19. The minimum atomic E-state index is -0.414. The number of ether oxygens (including phenoxy) is 1. The summed E-state index contributed by atoms with van der Waals surface area (Å²) in [6.45, 7) is 1.77. The molecule has 0 aliphatic carbocycles. The van der Waals surface area contributed by atoms with E-state index < -0.39 is 5.25 Å². The Morgan fingerprint density at radius 2 is 2.15 bits per heavy atom. The molecule has 2 N–H and O–H groups in total. The summed E-state index contributed by atoms with van der Waals surface area (Å²) in [7, 11) is 1.61. The largest absolute Gasteiger partial charge is 0.497 e. The highest BCUT2D eigenvalue weighted by atomic mass is 32.2. The first kappa shape index (κ1) is 18.0. The van der Waals surface area contributed by atoms with Gasteiger partial charge in [0.2, 0.25) is 11.1 Å². The standard InChI is InChI=1S/C17H15N5O2S2/c1-10(15(23)20-16-12(9-18)7-8-25-16)26-17-19-14(21-22-17)11-3-5-13(24-2)6-4-11/h3-8,10H,1-2H3,(H,20,23)(H,19,21,22)/t10-/m1/s1. The molecule has 0 aliphatic rings. The topological polar surface area (TPSA) is 104 Å². The number of anilines is 1. The van der Waals surface area contributed by atoms with Gasteiger partial charge in [-0.3, -0.25) is 9.89 Å². The normalized spacial score (nSPS) is 11.6. The highest BCUT2D eigenvalue weighted by Crippen LogP contribution is 2.27. The van der Waals surface area contributed by atoms with Crippen molar-refractivity contribution in [1.29, 1.82) is 5.26 Å². The van der Waals surface area contributed by atoms with Crippen LogP contribution in [-0.2, 0) is 4.79 Å². The molecule has 0 fully saturated rings. The van der Waals surface area contributed by atoms with Crippen LogP contribution >= 0.6 is 23.1 Å². The molecule has 0 saturated heterocycles. The number of nitriles is 1. The van der Waals surface area contributed by atoms with Gasteiger partial charge in [0.25, 0.3) is 0 Å². The van der Waals surface area contributed by atoms with Crippen LogP contribution in [0.1, 0.15) is 12.5 Å². The van der Waals surface area contributed by atoms with Crippen molar-refractivity contribution in [3.63, 3.8) is 0 Å². The van der Waals surface area contributed by atoms with E-state index in [9.17, 15) is 4.79 Å². The van der Waals surface area contributed by atoms with Crippen molar-refractivity contribution in [2.45, 2.75) is 17.3 Å². The molecule has 9 heteroatoms. The van der Waals surface area contributed by atoms with E-state index in [1.807, 2.05) is 30.3 Å². The van der Waals surface area contributed by atoms with E-state index in [0.717, 1.165) is 11.3 Å². The summed E-state index contributed by atoms with van der Waals surface area (Å²) in [4.78, 5) is 16.7. The molecule has 0 spiro atoms. The van der Waals surface area contributed by atoms with Crippen molar-refractivity contribution in [2.75, 3.05) is 12.4 Å². The lowest BCUT2D eigenvalue weighted by molar-refractivity contribution is -0.115. The molecule has 1 amide bonds. The number of hydrogen-bond acceptors (Lipinski definition) is 7. The smallest absolute Gasteiger partial charge is 0.238 e. The highest BCUT2D eigenvalue weighted by molar-refractivity contribution is 8.00. The van der Waals surface area contributed by atoms with Gasteiger partial charge in [-0.2, -0.15) is 5.26 Å². The lowest BCUT2D eigenvalue weighted by atomic mass is 10.2. The van der Waals surface area contributed by atoms with Crippen LogP contribution in [0.2, 0.25) is 0 Å². The predicted molar refractivity (Wildman–Crippen MR) is 101 cm³/mol. The predicted octanol–water partition coefficient (Wildman–Crippen LogP) is 3.53. The van der Waals surface area contributed by atoms with E-state index in [1.54, 1.807) is 25.5 Å². The summed E-state index contributed by atoms with van der Waals surface area (Å²) in [5.74, 6) is 1.18. The average molecular weight is 385 g/mol. The fraction of sp³-hybridized carbons (Fsp3) is 0.176. The van der Waals surface area contributed by atoms with Crippen LogP contribution < -0.4 is 10.1 Å². The molecule has 3 rings (SSSR count). The van der Waals surface area contributed by atoms with E-state index in [1.165, 1.54) is 23.1 Å². The Morgan fingerprint density at radius 1 is 1.38 bits per heavy atom. The molecule has 0 aliphatic heterocycles. The van der Waals surface area contributed by atoms with E-state index in [2.05, 4.69) is 20.5 Å². The van der Waals surface area contributed by atoms with Crippen molar-refractivity contribution in [1.82, 2.24) is 15.2 Å². The van der Waals surface area contributed by atoms with Gasteiger partial charge in [0.1, 0.15) is 16.8 Å². The quantitative estimate of drug-likeness (QED) is 0.629. The lowest BCUT2D eigenvalue weighted by Crippen LogP contribution is -2.22. The molecule has 26 heavy (non-hydrogen) atoms. The number of hydrogen-bond donors (Lipinski definition) is 2. The second kappa shape index (κ2) is 8.03. The van der Waals surface area contributed by atoms with E-state index in [-0.39, 0.29) is 5.91 Å². The van der Waals surface area contributed by atoms with Crippen molar-refractivity contribution in [2.24, 2.45) is 0 Å². The Bertz CT molecular complexity index is 943. The maximum absolute atomic E-state index is 12.3. The first-order valence-electron chi connectivity index (χ1n) is 7.62. The molecule has 132 valence electrons. The number of nitrogens with one attached hydrogen (secondary N) is 2. The number of rotatable bonds is 6. The minimum Gasteiger partial charge on any atom is -0.497 e. The van der Waals surface area contributed by atoms with Crippen molar-refractivity contribution < 1.29 is 9.53 Å². The molecule has 1 aromatic carbocycles. The molecule has 0 bridgehead atoms. The monoisotopic (exact) mass is 385 g/mol. The van der Waals surface area contributed by atoms with Crippen molar-refractivity contribution in [3.05, 3.63) is 41.3 Å². The van der Waals surface area contributed by atoms with Crippen molar-refractivity contribution >= 4 is 34.0 Å². The van der Waals surface area contributed by atoms with Gasteiger partial charge in [-0.1, -0.05) is 11.8 Å². The van der Waals surface area contributed by atoms with E-state index >= 15 is 0 Å². The molecule has 0 radical (unpaired) electrons. The number of thioether (sulfide) groups is 1. The average Bonchev–Trinajstić information content (AvgIpc) is 3.31. The van der Waals surface area contributed by atoms with Crippen LogP contribution in [0, 0.1) is 11.3 Å². The number of benzene rings is 1. The molecule has 0 saturated carbocycles. The Morgan fingerprint density at radius 3 is 2.85 bits per heavy atom. The molecule has 7 nitrogen and oxygen atoms in total. The summed E-state index contributed by atoms with van der Waals surface area (Å²) >= 11 is 2.56. The zero-order valence-electron chi connectivity index (χ0n) is 14.0. The number of aromatic amines is 1. The molecular weight excluding hydrogens is 370 g/mol. The van der Waals surface area contributed by atoms with Crippen molar-refractivity contribution in [3.8, 4) is 23.2 Å². The van der Waals surface area contributed by atoms with Crippen LogP contribution in [-0.4, -0.2) is 33.4 Å². The van der Waals surface area contributed by atoms with Gasteiger partial charge in [-0.15, -0.1) is 16.4 Å². The number of aromatic nitrogens is 3. The van der Waals surface area contributed by atoms with Gasteiger partial charge in [0.15, 0.2) is 5.82 Å². The maximum Gasteiger partial charge on any atom is 0.238 e. The molecule has 2 heterocycles. The Labute approximate surface area is 158 Å². The molecule has 2 aromatic heterocycles. The SMILES string of the molecule is COc1ccc(-c2nc(S[C@H](C)C(=O)Nc3sccc3C#N)n[nH]2)cc1. The number of H-pyrrole nitrogens is 1. The van der Waals surface area contributed by atoms with E-state index in [4.69, 9.17) is 10.00 Å². The Kier molecular flexibility index (Phi) is 5.55. The van der Waals surface area contributed by atoms with Crippen LogP contribution in [0.4, 0.5) is 5.00 Å². The Hall–Kier alpha value is -2.83. The summed E-state index contributed by atoms with van der Waals surface area (Å²) in [6, 6.07) is 11.2. The molecule has 1 atom stereocenters. The maximum atomic E-state index is 12.3. The third-order valence-corrected chi connectivity index (χ3v) is 5.29. The van der Waals surface area contributed by atoms with Gasteiger partial charge >= 0.3 is 0 Å². The molecule has 3 aromatic rings. The fourth-order valence-corrected chi connectivity index (χ4v) is 3.56. The summed E-state index contributed by atoms with van der Waals surface area (Å²) < 4.78 is 5.13. The van der Waals surface area contributed by atoms with Gasteiger partial charge in [-0.25, -0.2) is 4.98 Å². The first-order valence-corrected chi connectivity index (χ1v) is 9.38. The Balaban J connectivity index is 1.64. The molecule has 0 unspecified atom stereocenters. The van der Waals surface area contributed by atoms with Gasteiger partial charge < -0.3 is 10.1 Å². The second-order valence-corrected chi connectivity index (χ2v) is 7.44. The zero-order chi connectivity index (χ0) is 18.5. The van der Waals surface area contributed by atoms with Gasteiger partial charge in [-0.05, 0) is 42.6 Å². The van der Waals surface area contributed by atoms with Crippen LogP contribution in [0.15, 0.2) is 40.9 Å². The second-order valence-electron chi connectivity index (χ2n) is 5.22. The number of methoxy groups -OCH3 is 1. The number of thiophene rings is 1. The third-order valence-electron chi connectivity index (χ3n) is 3.50. The zero-order valence-corrected chi connectivity index (χ0v) is 15.6. The third kappa shape index (κ3) is 4.04. The first-order chi connectivity index (χ1) is 12.6. The minimum absolute atomic E-state index is 0.204. The summed E-state index contributed by atoms with van der Waals surface area (Å²) in [5.41, 5.74) is 1.33. The number of carbonyl (C=O) groups is 1. The molecular formula is C17H15N5O2S2. The summed E-state index contributed by atoms with van der Waals surface area (Å²) in [5, 5.41) is 21.2. The number of amides is 1.